The largest absolute Gasteiger partial charge is 0.302 e. The predicted octanol–water partition coefficient (Wildman–Crippen LogP) is 5.85. The number of nitrogens with zero attached hydrogens (tertiary/aromatic N) is 4. The normalized spacial score (nSPS) is 15.1. The molecule has 1 saturated heterocycles. The maximum atomic E-state index is 13.7. The summed E-state index contributed by atoms with van der Waals surface area (Å²) in [7, 11) is -3.56. The van der Waals surface area contributed by atoms with Gasteiger partial charge in [-0.3, -0.25) is 9.69 Å². The maximum absolute atomic E-state index is 13.7. The lowest BCUT2D eigenvalue weighted by atomic mass is 10.0. The third kappa shape index (κ3) is 6.89. The zero-order valence-corrected chi connectivity index (χ0v) is 25.7. The number of amides is 1. The lowest BCUT2D eigenvalue weighted by molar-refractivity contribution is 0.0983. The first-order valence-electron chi connectivity index (χ1n) is 12.9. The number of benzene rings is 2. The monoisotopic (exact) mass is 596 g/mol. The Labute approximate surface area is 241 Å². The minimum Gasteiger partial charge on any atom is -0.302 e. The van der Waals surface area contributed by atoms with E-state index in [4.69, 9.17) is 4.98 Å². The zero-order chi connectivity index (χ0) is 26.6. The van der Waals surface area contributed by atoms with Gasteiger partial charge in [-0.05, 0) is 80.6 Å². The van der Waals surface area contributed by atoms with Gasteiger partial charge in [0.2, 0.25) is 10.0 Å². The Morgan fingerprint density at radius 2 is 1.74 bits per heavy atom. The average molecular weight is 597 g/mol. The Morgan fingerprint density at radius 3 is 2.34 bits per heavy atom. The van der Waals surface area contributed by atoms with E-state index in [1.807, 2.05) is 18.4 Å². The van der Waals surface area contributed by atoms with Gasteiger partial charge in [-0.25, -0.2) is 13.4 Å². The summed E-state index contributed by atoms with van der Waals surface area (Å²) >= 11 is 3.19. The fraction of sp³-hybridized carbons (Fsp3) is 0.481. The van der Waals surface area contributed by atoms with Crippen LogP contribution in [0.3, 0.4) is 0 Å². The number of thioether (sulfide) groups is 1. The number of carbonyl (C=O) groups is 1. The molecule has 4 rings (SSSR count). The molecule has 0 atom stereocenters. The molecule has 0 N–H and O–H groups in total. The number of likely N-dealkylation sites (N-methyl/N-ethyl adjacent to an activating group) is 1. The fourth-order valence-corrected chi connectivity index (χ4v) is 7.51. The van der Waals surface area contributed by atoms with Crippen LogP contribution >= 0.6 is 35.5 Å². The number of thiazole rings is 1. The van der Waals surface area contributed by atoms with Crippen LogP contribution in [0.2, 0.25) is 0 Å². The van der Waals surface area contributed by atoms with E-state index in [0.29, 0.717) is 36.2 Å². The minimum atomic E-state index is -3.56. The predicted molar refractivity (Wildman–Crippen MR) is 162 cm³/mol. The zero-order valence-electron chi connectivity index (χ0n) is 22.4. The molecule has 2 aromatic carbocycles. The first-order chi connectivity index (χ1) is 17.8. The van der Waals surface area contributed by atoms with Gasteiger partial charge in [-0.15, -0.1) is 24.2 Å². The number of piperidine rings is 1. The maximum Gasteiger partial charge on any atom is 0.260 e. The number of hydrogen-bond acceptors (Lipinski definition) is 7. The van der Waals surface area contributed by atoms with Crippen LogP contribution in [0.5, 0.6) is 0 Å². The van der Waals surface area contributed by atoms with Crippen molar-refractivity contribution in [2.75, 3.05) is 50.4 Å². The molecule has 1 aliphatic rings. The second-order valence-corrected chi connectivity index (χ2v) is 13.3. The fourth-order valence-electron chi connectivity index (χ4n) is 4.50. The Morgan fingerprint density at radius 1 is 1.08 bits per heavy atom. The molecule has 1 amide bonds. The second kappa shape index (κ2) is 13.6. The van der Waals surface area contributed by atoms with Crippen LogP contribution in [0.4, 0.5) is 5.13 Å². The summed E-state index contributed by atoms with van der Waals surface area (Å²) in [6.07, 6.45) is 3.79. The van der Waals surface area contributed by atoms with Gasteiger partial charge < -0.3 is 4.90 Å². The molecule has 0 bridgehead atoms. The summed E-state index contributed by atoms with van der Waals surface area (Å²) in [4.78, 5) is 23.9. The highest BCUT2D eigenvalue weighted by molar-refractivity contribution is 7.98. The van der Waals surface area contributed by atoms with Crippen LogP contribution < -0.4 is 4.90 Å². The van der Waals surface area contributed by atoms with Crippen LogP contribution in [-0.4, -0.2) is 74.0 Å². The molecule has 11 heteroatoms. The molecule has 208 valence electrons. The molecule has 1 fully saturated rings. The summed E-state index contributed by atoms with van der Waals surface area (Å²) in [5.74, 6) is 0.371. The number of rotatable bonds is 10. The van der Waals surface area contributed by atoms with Gasteiger partial charge >= 0.3 is 0 Å². The number of anilines is 1. The summed E-state index contributed by atoms with van der Waals surface area (Å²) in [6.45, 7) is 10.5. The van der Waals surface area contributed by atoms with E-state index >= 15 is 0 Å². The van der Waals surface area contributed by atoms with Gasteiger partial charge in [0, 0.05) is 36.6 Å². The van der Waals surface area contributed by atoms with E-state index in [1.54, 1.807) is 45.2 Å². The van der Waals surface area contributed by atoms with Crippen LogP contribution in [0.25, 0.3) is 10.2 Å². The molecule has 38 heavy (non-hydrogen) atoms. The SMILES string of the molecule is CCN(CC)CCN(C(=O)c1ccc(S(=O)(=O)N2CCC(C)CC2)cc1)c1nc2ccc(SC)cc2s1.Cl. The molecule has 1 aromatic heterocycles. The summed E-state index contributed by atoms with van der Waals surface area (Å²) in [5, 5.41) is 0.657. The summed E-state index contributed by atoms with van der Waals surface area (Å²) < 4.78 is 28.9. The third-order valence-electron chi connectivity index (χ3n) is 7.08. The molecule has 0 radical (unpaired) electrons. The quantitative estimate of drug-likeness (QED) is 0.273. The number of hydrogen-bond donors (Lipinski definition) is 0. The van der Waals surface area contributed by atoms with Crippen molar-refractivity contribution < 1.29 is 13.2 Å². The van der Waals surface area contributed by atoms with Crippen LogP contribution in [0, 0.1) is 5.92 Å². The van der Waals surface area contributed by atoms with E-state index in [2.05, 4.69) is 31.7 Å². The van der Waals surface area contributed by atoms with Crippen molar-refractivity contribution in [1.82, 2.24) is 14.2 Å². The highest BCUT2D eigenvalue weighted by atomic mass is 35.5. The Kier molecular flexibility index (Phi) is 11.0. The Bertz CT molecular complexity index is 1320. The van der Waals surface area contributed by atoms with E-state index < -0.39 is 10.0 Å². The summed E-state index contributed by atoms with van der Waals surface area (Å²) in [5.41, 5.74) is 1.32. The van der Waals surface area contributed by atoms with Gasteiger partial charge in [0.15, 0.2) is 5.13 Å². The molecule has 0 spiro atoms. The molecule has 0 unspecified atom stereocenters. The number of carbonyl (C=O) groups excluding carboxylic acids is 1. The van der Waals surface area contributed by atoms with Gasteiger partial charge in [0.05, 0.1) is 15.1 Å². The standard InChI is InChI=1S/C27H36N4O3S3.ClH/c1-5-29(6-2)17-18-31(27-28-24-12-9-22(35-4)19-25(24)36-27)26(32)21-7-10-23(11-8-21)37(33,34)30-15-13-20(3)14-16-30;/h7-12,19-20H,5-6,13-18H2,1-4H3;1H. The minimum absolute atomic E-state index is 0. The highest BCUT2D eigenvalue weighted by Crippen LogP contribution is 2.32. The molecule has 0 saturated carbocycles. The number of fused-ring (bicyclic) bond motifs is 1. The molecule has 0 aliphatic carbocycles. The van der Waals surface area contributed by atoms with E-state index in [0.717, 1.165) is 47.6 Å². The highest BCUT2D eigenvalue weighted by Gasteiger charge is 2.29. The van der Waals surface area contributed by atoms with E-state index in [9.17, 15) is 13.2 Å². The van der Waals surface area contributed by atoms with Gasteiger partial charge in [-0.2, -0.15) is 4.31 Å². The Balaban J connectivity index is 0.00000400. The van der Waals surface area contributed by atoms with Crippen LogP contribution in [0.1, 0.15) is 44.0 Å². The van der Waals surface area contributed by atoms with Crippen molar-refractivity contribution in [2.45, 2.75) is 43.4 Å². The second-order valence-electron chi connectivity index (χ2n) is 9.42. The number of halogens is 1. The molecule has 1 aliphatic heterocycles. The smallest absolute Gasteiger partial charge is 0.260 e. The van der Waals surface area contributed by atoms with Crippen LogP contribution in [0.15, 0.2) is 52.3 Å². The first kappa shape index (κ1) is 30.8. The number of sulfonamides is 1. The van der Waals surface area contributed by atoms with Crippen molar-refractivity contribution >= 4 is 66.8 Å². The van der Waals surface area contributed by atoms with E-state index in [-0.39, 0.29) is 23.2 Å². The molecular formula is C27H37ClN4O3S3. The molecule has 7 nitrogen and oxygen atoms in total. The lowest BCUT2D eigenvalue weighted by Gasteiger charge is -2.29. The molecule has 2 heterocycles. The van der Waals surface area contributed by atoms with Gasteiger partial charge in [0.25, 0.3) is 5.91 Å². The van der Waals surface area contributed by atoms with Gasteiger partial charge in [-0.1, -0.05) is 32.1 Å². The Hall–Kier alpha value is -1.69. The van der Waals surface area contributed by atoms with Gasteiger partial charge in [0.1, 0.15) is 0 Å². The van der Waals surface area contributed by atoms with Crippen LogP contribution in [-0.2, 0) is 10.0 Å². The van der Waals surface area contributed by atoms with Crippen molar-refractivity contribution in [3.8, 4) is 0 Å². The third-order valence-corrected chi connectivity index (χ3v) is 10.8. The van der Waals surface area contributed by atoms with E-state index in [1.165, 1.54) is 11.3 Å². The average Bonchev–Trinajstić information content (AvgIpc) is 3.34. The summed E-state index contributed by atoms with van der Waals surface area (Å²) in [6, 6.07) is 12.5. The lowest BCUT2D eigenvalue weighted by Crippen LogP contribution is -2.39. The topological polar surface area (TPSA) is 73.8 Å². The number of aromatic nitrogens is 1. The van der Waals surface area contributed by atoms with Crippen molar-refractivity contribution in [2.24, 2.45) is 5.92 Å². The molecular weight excluding hydrogens is 560 g/mol. The van der Waals surface area contributed by atoms with Crippen molar-refractivity contribution in [3.63, 3.8) is 0 Å². The molecule has 3 aromatic rings. The van der Waals surface area contributed by atoms with Crippen molar-refractivity contribution in [1.29, 1.82) is 0 Å². The van der Waals surface area contributed by atoms with Crippen molar-refractivity contribution in [3.05, 3.63) is 48.0 Å². The first-order valence-corrected chi connectivity index (χ1v) is 16.3.